The molecular formula is C17H13BrN4O2. The monoisotopic (exact) mass is 384 g/mol. The van der Waals surface area contributed by atoms with Crippen LogP contribution in [0.25, 0.3) is 5.69 Å². The standard InChI is InChI=1S/C17H13BrN4O2/c18-13-6-8-15(9-7-13)22-11-12(16(21-22)17(23)24)10-19-20-14-4-2-1-3-5-14/h1-11,20H,(H,23,24)/b19-10-. The van der Waals surface area contributed by atoms with Crippen LogP contribution in [0.4, 0.5) is 5.69 Å². The highest BCUT2D eigenvalue weighted by atomic mass is 79.9. The Labute approximate surface area is 146 Å². The first-order valence-electron chi connectivity index (χ1n) is 7.06. The fourth-order valence-electron chi connectivity index (χ4n) is 2.06. The number of anilines is 1. The highest BCUT2D eigenvalue weighted by molar-refractivity contribution is 9.10. The maximum absolute atomic E-state index is 11.4. The molecule has 0 spiro atoms. The highest BCUT2D eigenvalue weighted by Crippen LogP contribution is 2.15. The van der Waals surface area contributed by atoms with Crippen molar-refractivity contribution < 1.29 is 9.90 Å². The number of hydrogen-bond donors (Lipinski definition) is 2. The zero-order chi connectivity index (χ0) is 16.9. The molecule has 0 aliphatic carbocycles. The molecule has 3 rings (SSSR count). The van der Waals surface area contributed by atoms with E-state index in [1.165, 1.54) is 10.9 Å². The van der Waals surface area contributed by atoms with Crippen LogP contribution in [0.1, 0.15) is 16.1 Å². The number of rotatable bonds is 5. The second kappa shape index (κ2) is 7.10. The molecule has 0 amide bonds. The van der Waals surface area contributed by atoms with Crippen molar-refractivity contribution in [1.29, 1.82) is 0 Å². The van der Waals surface area contributed by atoms with Crippen LogP contribution < -0.4 is 5.43 Å². The number of nitrogens with one attached hydrogen (secondary N) is 1. The van der Waals surface area contributed by atoms with Crippen molar-refractivity contribution in [3.8, 4) is 5.69 Å². The third-order valence-corrected chi connectivity index (χ3v) is 3.74. The van der Waals surface area contributed by atoms with Gasteiger partial charge < -0.3 is 5.11 Å². The van der Waals surface area contributed by atoms with Gasteiger partial charge in [0.1, 0.15) is 0 Å². The van der Waals surface area contributed by atoms with E-state index < -0.39 is 5.97 Å². The first-order valence-corrected chi connectivity index (χ1v) is 7.86. The van der Waals surface area contributed by atoms with Crippen LogP contribution >= 0.6 is 15.9 Å². The van der Waals surface area contributed by atoms with Crippen molar-refractivity contribution in [2.24, 2.45) is 5.10 Å². The summed E-state index contributed by atoms with van der Waals surface area (Å²) >= 11 is 3.36. The molecule has 0 radical (unpaired) electrons. The molecule has 0 fully saturated rings. The van der Waals surface area contributed by atoms with Gasteiger partial charge in [0.2, 0.25) is 0 Å². The Morgan fingerprint density at radius 1 is 1.17 bits per heavy atom. The van der Waals surface area contributed by atoms with Gasteiger partial charge in [0.25, 0.3) is 0 Å². The number of hydrazone groups is 1. The number of aromatic nitrogens is 2. The van der Waals surface area contributed by atoms with Crippen LogP contribution in [0.3, 0.4) is 0 Å². The molecule has 0 atom stereocenters. The third-order valence-electron chi connectivity index (χ3n) is 3.21. The number of carboxylic acids is 1. The summed E-state index contributed by atoms with van der Waals surface area (Å²) in [6.07, 6.45) is 3.07. The minimum Gasteiger partial charge on any atom is -0.476 e. The van der Waals surface area contributed by atoms with Gasteiger partial charge >= 0.3 is 5.97 Å². The maximum Gasteiger partial charge on any atom is 0.357 e. The number of para-hydroxylation sites is 1. The summed E-state index contributed by atoms with van der Waals surface area (Å²) in [6, 6.07) is 16.8. The van der Waals surface area contributed by atoms with Gasteiger partial charge in [0, 0.05) is 16.2 Å². The highest BCUT2D eigenvalue weighted by Gasteiger charge is 2.15. The Morgan fingerprint density at radius 3 is 2.54 bits per heavy atom. The van der Waals surface area contributed by atoms with Crippen molar-refractivity contribution in [2.75, 3.05) is 5.43 Å². The van der Waals surface area contributed by atoms with E-state index >= 15 is 0 Å². The van der Waals surface area contributed by atoms with Crippen molar-refractivity contribution >= 4 is 33.8 Å². The number of benzene rings is 2. The number of aromatic carboxylic acids is 1. The van der Waals surface area contributed by atoms with E-state index in [9.17, 15) is 9.90 Å². The lowest BCUT2D eigenvalue weighted by molar-refractivity contribution is 0.0690. The van der Waals surface area contributed by atoms with Crippen molar-refractivity contribution in [3.63, 3.8) is 0 Å². The fraction of sp³-hybridized carbons (Fsp3) is 0. The molecule has 2 N–H and O–H groups in total. The minimum absolute atomic E-state index is 0.0588. The van der Waals surface area contributed by atoms with Crippen LogP contribution in [0.2, 0.25) is 0 Å². The van der Waals surface area contributed by atoms with Gasteiger partial charge in [0.15, 0.2) is 5.69 Å². The van der Waals surface area contributed by atoms with Crippen LogP contribution in [-0.2, 0) is 0 Å². The molecule has 120 valence electrons. The van der Waals surface area contributed by atoms with Crippen LogP contribution in [0.15, 0.2) is 70.4 Å². The van der Waals surface area contributed by atoms with Crippen LogP contribution in [-0.4, -0.2) is 27.1 Å². The molecule has 6 nitrogen and oxygen atoms in total. The van der Waals surface area contributed by atoms with Gasteiger partial charge in [-0.15, -0.1) is 0 Å². The molecule has 24 heavy (non-hydrogen) atoms. The minimum atomic E-state index is -1.10. The third kappa shape index (κ3) is 3.69. The molecular weight excluding hydrogens is 372 g/mol. The van der Waals surface area contributed by atoms with Gasteiger partial charge in [0.05, 0.1) is 17.6 Å². The first kappa shape index (κ1) is 15.9. The number of carbonyl (C=O) groups is 1. The molecule has 0 bridgehead atoms. The van der Waals surface area contributed by atoms with Crippen LogP contribution in [0.5, 0.6) is 0 Å². The Hall–Kier alpha value is -2.93. The maximum atomic E-state index is 11.4. The Morgan fingerprint density at radius 2 is 1.88 bits per heavy atom. The fourth-order valence-corrected chi connectivity index (χ4v) is 2.33. The molecule has 1 aromatic heterocycles. The van der Waals surface area contributed by atoms with E-state index in [0.29, 0.717) is 5.56 Å². The van der Waals surface area contributed by atoms with Gasteiger partial charge in [-0.2, -0.15) is 10.2 Å². The molecule has 3 aromatic rings. The Kier molecular flexibility index (Phi) is 4.72. The predicted octanol–water partition coefficient (Wildman–Crippen LogP) is 3.78. The second-order valence-corrected chi connectivity index (χ2v) is 5.81. The molecule has 2 aromatic carbocycles. The lowest BCUT2D eigenvalue weighted by Gasteiger charge is -2.00. The summed E-state index contributed by atoms with van der Waals surface area (Å²) < 4.78 is 2.45. The SMILES string of the molecule is O=C(O)c1nn(-c2ccc(Br)cc2)cc1/C=N\Nc1ccccc1. The summed E-state index contributed by atoms with van der Waals surface area (Å²) in [5.74, 6) is -1.10. The van der Waals surface area contributed by atoms with Gasteiger partial charge in [-0.1, -0.05) is 34.1 Å². The summed E-state index contributed by atoms with van der Waals surface area (Å²) in [4.78, 5) is 11.4. The number of hydrogen-bond acceptors (Lipinski definition) is 4. The van der Waals surface area contributed by atoms with E-state index in [0.717, 1.165) is 15.8 Å². The van der Waals surface area contributed by atoms with Crippen LogP contribution in [0, 0.1) is 0 Å². The molecule has 7 heteroatoms. The zero-order valence-corrected chi connectivity index (χ0v) is 14.0. The van der Waals surface area contributed by atoms with E-state index in [1.54, 1.807) is 6.20 Å². The quantitative estimate of drug-likeness (QED) is 0.518. The lowest BCUT2D eigenvalue weighted by atomic mass is 10.2. The zero-order valence-electron chi connectivity index (χ0n) is 12.4. The number of nitrogens with zero attached hydrogens (tertiary/aromatic N) is 3. The smallest absolute Gasteiger partial charge is 0.357 e. The van der Waals surface area contributed by atoms with E-state index in [1.807, 2.05) is 54.6 Å². The summed E-state index contributed by atoms with van der Waals surface area (Å²) in [6.45, 7) is 0. The van der Waals surface area contributed by atoms with Gasteiger partial charge in [-0.05, 0) is 36.4 Å². The average molecular weight is 385 g/mol. The molecule has 0 unspecified atom stereocenters. The first-order chi connectivity index (χ1) is 11.6. The van der Waals surface area contributed by atoms with Crippen molar-refractivity contribution in [1.82, 2.24) is 9.78 Å². The summed E-state index contributed by atoms with van der Waals surface area (Å²) in [5, 5.41) is 17.5. The van der Waals surface area contributed by atoms with Gasteiger partial charge in [-0.25, -0.2) is 9.48 Å². The van der Waals surface area contributed by atoms with Crippen molar-refractivity contribution in [3.05, 3.63) is 76.5 Å². The lowest BCUT2D eigenvalue weighted by Crippen LogP contribution is -2.03. The largest absolute Gasteiger partial charge is 0.476 e. The van der Waals surface area contributed by atoms with Crippen molar-refractivity contribution in [2.45, 2.75) is 0 Å². The molecule has 0 saturated carbocycles. The summed E-state index contributed by atoms with van der Waals surface area (Å²) in [5.41, 5.74) is 4.77. The van der Waals surface area contributed by atoms with Gasteiger partial charge in [-0.3, -0.25) is 5.43 Å². The van der Waals surface area contributed by atoms with E-state index in [2.05, 4.69) is 31.6 Å². The number of halogens is 1. The second-order valence-electron chi connectivity index (χ2n) is 4.90. The molecule has 0 aliphatic rings. The molecule has 0 aliphatic heterocycles. The topological polar surface area (TPSA) is 79.5 Å². The number of carboxylic acid groups (broad SMARTS) is 1. The molecule has 1 heterocycles. The average Bonchev–Trinajstić information content (AvgIpc) is 3.01. The van der Waals surface area contributed by atoms with E-state index in [-0.39, 0.29) is 5.69 Å². The Bertz CT molecular complexity index is 873. The summed E-state index contributed by atoms with van der Waals surface area (Å²) in [7, 11) is 0. The van der Waals surface area contributed by atoms with E-state index in [4.69, 9.17) is 0 Å². The molecule has 0 saturated heterocycles. The Balaban J connectivity index is 1.86. The normalized spacial score (nSPS) is 10.9. The predicted molar refractivity (Wildman–Crippen MR) is 95.9 cm³/mol.